The number of nitrogens with one attached hydrogen (secondary N) is 1. The normalized spacial score (nSPS) is 18.3. The van der Waals surface area contributed by atoms with Crippen LogP contribution in [0.15, 0.2) is 30.3 Å². The molecule has 1 aliphatic carbocycles. The van der Waals surface area contributed by atoms with Crippen LogP contribution in [0, 0.1) is 0 Å². The van der Waals surface area contributed by atoms with Gasteiger partial charge in [0, 0.05) is 12.0 Å². The van der Waals surface area contributed by atoms with Gasteiger partial charge in [-0.15, -0.1) is 0 Å². The molecular weight excluding hydrogens is 236 g/mol. The highest BCUT2D eigenvalue weighted by Gasteiger charge is 2.37. The molecular formula is C16H24N2O. The Morgan fingerprint density at radius 2 is 1.84 bits per heavy atom. The Morgan fingerprint density at radius 1 is 1.26 bits per heavy atom. The van der Waals surface area contributed by atoms with E-state index in [2.05, 4.69) is 31.3 Å². The molecule has 0 aliphatic heterocycles. The van der Waals surface area contributed by atoms with Crippen molar-refractivity contribution in [3.63, 3.8) is 0 Å². The molecule has 0 aromatic heterocycles. The minimum atomic E-state index is -0.632. The minimum absolute atomic E-state index is 0.00834. The maximum Gasteiger partial charge on any atom is 0.240 e. The fraction of sp³-hybridized carbons (Fsp3) is 0.562. The lowest BCUT2D eigenvalue weighted by Crippen LogP contribution is -2.53. The number of rotatable bonds is 4. The van der Waals surface area contributed by atoms with Gasteiger partial charge in [0.05, 0.1) is 5.54 Å². The Labute approximate surface area is 115 Å². The predicted octanol–water partition coefficient (Wildman–Crippen LogP) is 2.35. The van der Waals surface area contributed by atoms with Crippen molar-refractivity contribution in [1.82, 2.24) is 5.32 Å². The first-order valence-electron chi connectivity index (χ1n) is 7.07. The zero-order valence-corrected chi connectivity index (χ0v) is 11.9. The van der Waals surface area contributed by atoms with Crippen molar-refractivity contribution in [2.24, 2.45) is 5.73 Å². The molecule has 1 aromatic carbocycles. The Morgan fingerprint density at radius 3 is 2.42 bits per heavy atom. The van der Waals surface area contributed by atoms with Crippen molar-refractivity contribution >= 4 is 5.91 Å². The standard InChI is InChI=1S/C16H24N2O/c1-15(2,13-8-4-3-5-9-13)12-18-14(19)16(17)10-6-7-11-16/h3-5,8-9H,6-7,10-12,17H2,1-2H3,(H,18,19). The zero-order chi connectivity index (χ0) is 13.9. The Balaban J connectivity index is 1.96. The van der Waals surface area contributed by atoms with Crippen LogP contribution in [0.5, 0.6) is 0 Å². The topological polar surface area (TPSA) is 55.1 Å². The molecule has 0 heterocycles. The van der Waals surface area contributed by atoms with E-state index in [9.17, 15) is 4.79 Å². The lowest BCUT2D eigenvalue weighted by Gasteiger charge is -2.29. The van der Waals surface area contributed by atoms with Gasteiger partial charge >= 0.3 is 0 Å². The number of carbonyl (C=O) groups is 1. The molecule has 1 aromatic rings. The van der Waals surface area contributed by atoms with E-state index < -0.39 is 5.54 Å². The van der Waals surface area contributed by atoms with Gasteiger partial charge < -0.3 is 11.1 Å². The summed E-state index contributed by atoms with van der Waals surface area (Å²) >= 11 is 0. The van der Waals surface area contributed by atoms with Crippen LogP contribution in [0.1, 0.15) is 45.1 Å². The fourth-order valence-electron chi connectivity index (χ4n) is 2.70. The number of benzene rings is 1. The molecule has 1 saturated carbocycles. The first-order valence-corrected chi connectivity index (χ1v) is 7.07. The van der Waals surface area contributed by atoms with Crippen molar-refractivity contribution in [1.29, 1.82) is 0 Å². The van der Waals surface area contributed by atoms with Crippen molar-refractivity contribution in [3.8, 4) is 0 Å². The maximum absolute atomic E-state index is 12.2. The number of hydrogen-bond donors (Lipinski definition) is 2. The van der Waals surface area contributed by atoms with E-state index in [4.69, 9.17) is 5.73 Å². The molecule has 104 valence electrons. The van der Waals surface area contributed by atoms with Crippen LogP contribution >= 0.6 is 0 Å². The molecule has 0 radical (unpaired) electrons. The SMILES string of the molecule is CC(C)(CNC(=O)C1(N)CCCC1)c1ccccc1. The summed E-state index contributed by atoms with van der Waals surface area (Å²) in [6.45, 7) is 4.90. The van der Waals surface area contributed by atoms with Gasteiger partial charge in [-0.25, -0.2) is 0 Å². The van der Waals surface area contributed by atoms with Gasteiger partial charge in [-0.05, 0) is 18.4 Å². The lowest BCUT2D eigenvalue weighted by atomic mass is 9.84. The molecule has 3 heteroatoms. The third-order valence-corrected chi connectivity index (χ3v) is 4.19. The summed E-state index contributed by atoms with van der Waals surface area (Å²) in [6, 6.07) is 10.3. The molecule has 1 aliphatic rings. The first kappa shape index (κ1) is 14.1. The monoisotopic (exact) mass is 260 g/mol. The Kier molecular flexibility index (Phi) is 3.95. The summed E-state index contributed by atoms with van der Waals surface area (Å²) in [7, 11) is 0. The summed E-state index contributed by atoms with van der Waals surface area (Å²) in [4.78, 5) is 12.2. The number of carbonyl (C=O) groups excluding carboxylic acids is 1. The fourth-order valence-corrected chi connectivity index (χ4v) is 2.70. The van der Waals surface area contributed by atoms with Crippen LogP contribution in [0.3, 0.4) is 0 Å². The average molecular weight is 260 g/mol. The second kappa shape index (κ2) is 5.33. The van der Waals surface area contributed by atoms with Gasteiger partial charge in [0.25, 0.3) is 0 Å². The average Bonchev–Trinajstić information content (AvgIpc) is 2.85. The van der Waals surface area contributed by atoms with Crippen molar-refractivity contribution in [3.05, 3.63) is 35.9 Å². The van der Waals surface area contributed by atoms with Crippen LogP contribution in [0.25, 0.3) is 0 Å². The van der Waals surface area contributed by atoms with E-state index in [1.54, 1.807) is 0 Å². The molecule has 2 rings (SSSR count). The molecule has 0 unspecified atom stereocenters. The van der Waals surface area contributed by atoms with Crippen LogP contribution in [0.2, 0.25) is 0 Å². The summed E-state index contributed by atoms with van der Waals surface area (Å²) in [5, 5.41) is 3.04. The van der Waals surface area contributed by atoms with Crippen molar-refractivity contribution in [2.75, 3.05) is 6.54 Å². The molecule has 0 bridgehead atoms. The predicted molar refractivity (Wildman–Crippen MR) is 77.9 cm³/mol. The van der Waals surface area contributed by atoms with Gasteiger partial charge in [-0.1, -0.05) is 57.0 Å². The third kappa shape index (κ3) is 3.16. The number of hydrogen-bond acceptors (Lipinski definition) is 2. The van der Waals surface area contributed by atoms with E-state index in [0.717, 1.165) is 25.7 Å². The van der Waals surface area contributed by atoms with Crippen LogP contribution in [0.4, 0.5) is 0 Å². The smallest absolute Gasteiger partial charge is 0.240 e. The van der Waals surface area contributed by atoms with Gasteiger partial charge in [0.1, 0.15) is 0 Å². The van der Waals surface area contributed by atoms with Crippen molar-refractivity contribution in [2.45, 2.75) is 50.5 Å². The van der Waals surface area contributed by atoms with E-state index in [-0.39, 0.29) is 11.3 Å². The first-order chi connectivity index (χ1) is 8.94. The van der Waals surface area contributed by atoms with Gasteiger partial charge in [-0.3, -0.25) is 4.79 Å². The molecule has 0 atom stereocenters. The molecule has 0 spiro atoms. The van der Waals surface area contributed by atoms with Crippen LogP contribution in [-0.2, 0) is 10.2 Å². The molecule has 3 nitrogen and oxygen atoms in total. The number of amides is 1. The summed E-state index contributed by atoms with van der Waals surface area (Å²) in [5.41, 5.74) is 6.68. The lowest BCUT2D eigenvalue weighted by molar-refractivity contribution is -0.126. The maximum atomic E-state index is 12.2. The van der Waals surface area contributed by atoms with E-state index in [1.807, 2.05) is 18.2 Å². The molecule has 1 amide bonds. The molecule has 1 fully saturated rings. The molecule has 3 N–H and O–H groups in total. The second-order valence-corrected chi connectivity index (χ2v) is 6.30. The zero-order valence-electron chi connectivity index (χ0n) is 11.9. The minimum Gasteiger partial charge on any atom is -0.354 e. The summed E-state index contributed by atoms with van der Waals surface area (Å²) in [6.07, 6.45) is 3.74. The highest BCUT2D eigenvalue weighted by molar-refractivity contribution is 5.86. The van der Waals surface area contributed by atoms with Crippen molar-refractivity contribution < 1.29 is 4.79 Å². The third-order valence-electron chi connectivity index (χ3n) is 4.19. The summed E-state index contributed by atoms with van der Waals surface area (Å²) in [5.74, 6) is 0.00834. The van der Waals surface area contributed by atoms with Gasteiger partial charge in [0.15, 0.2) is 0 Å². The second-order valence-electron chi connectivity index (χ2n) is 6.30. The largest absolute Gasteiger partial charge is 0.354 e. The van der Waals surface area contributed by atoms with Crippen LogP contribution < -0.4 is 11.1 Å². The summed E-state index contributed by atoms with van der Waals surface area (Å²) < 4.78 is 0. The number of nitrogens with two attached hydrogens (primary N) is 1. The van der Waals surface area contributed by atoms with Gasteiger partial charge in [0.2, 0.25) is 5.91 Å². The Bertz CT molecular complexity index is 433. The van der Waals surface area contributed by atoms with Crippen LogP contribution in [-0.4, -0.2) is 18.0 Å². The quantitative estimate of drug-likeness (QED) is 0.873. The molecule has 0 saturated heterocycles. The van der Waals surface area contributed by atoms with Gasteiger partial charge in [-0.2, -0.15) is 0 Å². The highest BCUT2D eigenvalue weighted by atomic mass is 16.2. The molecule has 19 heavy (non-hydrogen) atoms. The van der Waals surface area contributed by atoms with E-state index in [1.165, 1.54) is 5.56 Å². The Hall–Kier alpha value is -1.35. The van der Waals surface area contributed by atoms with E-state index >= 15 is 0 Å². The highest BCUT2D eigenvalue weighted by Crippen LogP contribution is 2.28. The van der Waals surface area contributed by atoms with E-state index in [0.29, 0.717) is 6.54 Å².